The standard InChI is InChI=1S/C23H22ClN3O3.ClH/c24-20-5-1-18(2-6-20)9-10-23(16-27-12-11-26-17-27)29-15-22(30-23)14-28-21-7-3-19(13-25)4-8-21;/h1-8,11-12,17,22H,9-10,14-16H2;1H/t22-,23+;/m0./s1. The number of nitriles is 1. The molecule has 0 N–H and O–H groups in total. The van der Waals surface area contributed by atoms with Gasteiger partial charge in [-0.05, 0) is 48.4 Å². The first kappa shape index (κ1) is 23.1. The van der Waals surface area contributed by atoms with Crippen LogP contribution in [-0.4, -0.2) is 34.7 Å². The molecular formula is C23H23Cl2N3O3. The lowest BCUT2D eigenvalue weighted by atomic mass is 10.0. The third-order valence-corrected chi connectivity index (χ3v) is 5.28. The van der Waals surface area contributed by atoms with E-state index >= 15 is 0 Å². The van der Waals surface area contributed by atoms with Crippen molar-refractivity contribution >= 4 is 24.0 Å². The number of hydrogen-bond donors (Lipinski definition) is 0. The summed E-state index contributed by atoms with van der Waals surface area (Å²) in [6, 6.07) is 17.0. The van der Waals surface area contributed by atoms with Gasteiger partial charge in [-0.15, -0.1) is 12.4 Å². The molecule has 0 aliphatic carbocycles. The van der Waals surface area contributed by atoms with E-state index in [4.69, 9.17) is 31.1 Å². The fourth-order valence-corrected chi connectivity index (χ4v) is 3.58. The molecule has 4 rings (SSSR count). The fourth-order valence-electron chi connectivity index (χ4n) is 3.45. The highest BCUT2D eigenvalue weighted by Gasteiger charge is 2.42. The Kier molecular flexibility index (Phi) is 7.94. The highest BCUT2D eigenvalue weighted by atomic mass is 35.5. The van der Waals surface area contributed by atoms with Gasteiger partial charge < -0.3 is 18.8 Å². The number of aryl methyl sites for hydroxylation is 1. The van der Waals surface area contributed by atoms with Crippen molar-refractivity contribution in [2.24, 2.45) is 0 Å². The van der Waals surface area contributed by atoms with Crippen molar-refractivity contribution < 1.29 is 14.2 Å². The molecule has 2 atom stereocenters. The second kappa shape index (κ2) is 10.7. The van der Waals surface area contributed by atoms with Crippen LogP contribution in [0.2, 0.25) is 5.02 Å². The summed E-state index contributed by atoms with van der Waals surface area (Å²) in [7, 11) is 0. The third-order valence-electron chi connectivity index (χ3n) is 5.02. The van der Waals surface area contributed by atoms with E-state index in [1.807, 2.05) is 35.0 Å². The number of imidazole rings is 1. The zero-order chi connectivity index (χ0) is 20.8. The van der Waals surface area contributed by atoms with E-state index in [-0.39, 0.29) is 18.5 Å². The van der Waals surface area contributed by atoms with Crippen molar-refractivity contribution in [1.82, 2.24) is 9.55 Å². The molecular weight excluding hydrogens is 437 g/mol. The summed E-state index contributed by atoms with van der Waals surface area (Å²) in [5, 5.41) is 9.62. The van der Waals surface area contributed by atoms with E-state index in [2.05, 4.69) is 11.1 Å². The van der Waals surface area contributed by atoms with Crippen molar-refractivity contribution in [3.63, 3.8) is 0 Å². The highest BCUT2D eigenvalue weighted by Crippen LogP contribution is 2.31. The lowest BCUT2D eigenvalue weighted by Gasteiger charge is -2.28. The van der Waals surface area contributed by atoms with Gasteiger partial charge in [0.1, 0.15) is 18.5 Å². The van der Waals surface area contributed by atoms with Gasteiger partial charge in [-0.2, -0.15) is 5.26 Å². The van der Waals surface area contributed by atoms with Gasteiger partial charge in [-0.1, -0.05) is 23.7 Å². The highest BCUT2D eigenvalue weighted by molar-refractivity contribution is 6.30. The van der Waals surface area contributed by atoms with E-state index < -0.39 is 5.79 Å². The Hall–Kier alpha value is -2.56. The lowest BCUT2D eigenvalue weighted by molar-refractivity contribution is -0.184. The minimum absolute atomic E-state index is 0. The van der Waals surface area contributed by atoms with Crippen molar-refractivity contribution in [3.8, 4) is 11.8 Å². The number of hydrogen-bond acceptors (Lipinski definition) is 5. The van der Waals surface area contributed by atoms with Gasteiger partial charge in [0.05, 0.1) is 31.1 Å². The van der Waals surface area contributed by atoms with Crippen LogP contribution in [0.5, 0.6) is 5.75 Å². The zero-order valence-electron chi connectivity index (χ0n) is 16.8. The molecule has 2 aromatic carbocycles. The van der Waals surface area contributed by atoms with E-state index in [1.165, 1.54) is 5.56 Å². The number of halogens is 2. The summed E-state index contributed by atoms with van der Waals surface area (Å²) in [5.41, 5.74) is 1.78. The van der Waals surface area contributed by atoms with Crippen LogP contribution < -0.4 is 4.74 Å². The minimum atomic E-state index is -0.751. The van der Waals surface area contributed by atoms with Gasteiger partial charge in [0.2, 0.25) is 0 Å². The molecule has 0 unspecified atom stereocenters. The van der Waals surface area contributed by atoms with Crippen LogP contribution in [0.15, 0.2) is 67.3 Å². The maximum atomic E-state index is 8.90. The van der Waals surface area contributed by atoms with E-state index in [0.717, 1.165) is 11.4 Å². The van der Waals surface area contributed by atoms with Crippen LogP contribution in [-0.2, 0) is 22.4 Å². The van der Waals surface area contributed by atoms with Crippen molar-refractivity contribution in [1.29, 1.82) is 5.26 Å². The molecule has 0 amide bonds. The first-order valence-corrected chi connectivity index (χ1v) is 10.2. The Morgan fingerprint density at radius 2 is 1.97 bits per heavy atom. The molecule has 0 saturated carbocycles. The Balaban J connectivity index is 0.00000272. The molecule has 1 aliphatic heterocycles. The second-order valence-corrected chi connectivity index (χ2v) is 7.71. The van der Waals surface area contributed by atoms with Crippen LogP contribution >= 0.6 is 24.0 Å². The zero-order valence-corrected chi connectivity index (χ0v) is 18.4. The molecule has 31 heavy (non-hydrogen) atoms. The smallest absolute Gasteiger partial charge is 0.187 e. The number of ether oxygens (including phenoxy) is 3. The molecule has 6 nitrogen and oxygen atoms in total. The predicted octanol–water partition coefficient (Wildman–Crippen LogP) is 4.65. The number of aromatic nitrogens is 2. The Morgan fingerprint density at radius 3 is 2.65 bits per heavy atom. The summed E-state index contributed by atoms with van der Waals surface area (Å²) < 4.78 is 20.3. The van der Waals surface area contributed by atoms with Crippen molar-refractivity contribution in [2.75, 3.05) is 13.2 Å². The molecule has 0 spiro atoms. The van der Waals surface area contributed by atoms with E-state index in [1.54, 1.807) is 36.8 Å². The van der Waals surface area contributed by atoms with Gasteiger partial charge >= 0.3 is 0 Å². The predicted molar refractivity (Wildman–Crippen MR) is 119 cm³/mol. The maximum absolute atomic E-state index is 8.90. The van der Waals surface area contributed by atoms with Crippen LogP contribution in [0.1, 0.15) is 17.5 Å². The normalized spacial score (nSPS) is 20.1. The monoisotopic (exact) mass is 459 g/mol. The van der Waals surface area contributed by atoms with Crippen molar-refractivity contribution in [3.05, 3.63) is 83.4 Å². The largest absolute Gasteiger partial charge is 0.491 e. The average molecular weight is 460 g/mol. The summed E-state index contributed by atoms with van der Waals surface area (Å²) >= 11 is 5.99. The molecule has 8 heteroatoms. The Bertz CT molecular complexity index is 988. The number of nitrogens with zero attached hydrogens (tertiary/aromatic N) is 3. The SMILES string of the molecule is Cl.N#Cc1ccc(OC[C@H]2CO[C@@](CCc3ccc(Cl)cc3)(Cn3ccnc3)O2)cc1. The minimum Gasteiger partial charge on any atom is -0.491 e. The first-order chi connectivity index (χ1) is 14.6. The third kappa shape index (κ3) is 6.22. The quantitative estimate of drug-likeness (QED) is 0.490. The molecule has 0 radical (unpaired) electrons. The molecule has 3 aromatic rings. The summed E-state index contributed by atoms with van der Waals surface area (Å²) in [5.74, 6) is -0.0511. The van der Waals surface area contributed by atoms with Gasteiger partial charge in [0, 0.05) is 23.8 Å². The van der Waals surface area contributed by atoms with Crippen LogP contribution in [0.4, 0.5) is 0 Å². The van der Waals surface area contributed by atoms with Crippen LogP contribution in [0, 0.1) is 11.3 Å². The lowest BCUT2D eigenvalue weighted by Crippen LogP contribution is -2.37. The average Bonchev–Trinajstić information content (AvgIpc) is 3.43. The van der Waals surface area contributed by atoms with Crippen molar-refractivity contribution in [2.45, 2.75) is 31.3 Å². The van der Waals surface area contributed by atoms with Gasteiger partial charge in [0.15, 0.2) is 5.79 Å². The summed E-state index contributed by atoms with van der Waals surface area (Å²) in [6.45, 7) is 1.37. The number of rotatable bonds is 8. The van der Waals surface area contributed by atoms with Gasteiger partial charge in [-0.25, -0.2) is 4.98 Å². The Morgan fingerprint density at radius 1 is 1.19 bits per heavy atom. The topological polar surface area (TPSA) is 69.3 Å². The fraction of sp³-hybridized carbons (Fsp3) is 0.304. The molecule has 1 aromatic heterocycles. The molecule has 2 heterocycles. The van der Waals surface area contributed by atoms with E-state index in [0.29, 0.717) is 37.5 Å². The van der Waals surface area contributed by atoms with Crippen LogP contribution in [0.3, 0.4) is 0 Å². The molecule has 0 bridgehead atoms. The maximum Gasteiger partial charge on any atom is 0.187 e. The van der Waals surface area contributed by atoms with E-state index in [9.17, 15) is 0 Å². The first-order valence-electron chi connectivity index (χ1n) is 9.79. The number of benzene rings is 2. The molecule has 162 valence electrons. The summed E-state index contributed by atoms with van der Waals surface area (Å²) in [4.78, 5) is 4.12. The van der Waals surface area contributed by atoms with Crippen LogP contribution in [0.25, 0.3) is 0 Å². The van der Waals surface area contributed by atoms with Gasteiger partial charge in [0.25, 0.3) is 0 Å². The molecule has 1 saturated heterocycles. The molecule has 1 fully saturated rings. The van der Waals surface area contributed by atoms with Gasteiger partial charge in [-0.3, -0.25) is 0 Å². The molecule has 1 aliphatic rings. The second-order valence-electron chi connectivity index (χ2n) is 7.27. The summed E-state index contributed by atoms with van der Waals surface area (Å²) in [6.07, 6.45) is 6.71. The Labute approximate surface area is 192 Å².